The number of rotatable bonds is 23. The summed E-state index contributed by atoms with van der Waals surface area (Å²) in [6.45, 7) is 25.3. The molecule has 0 spiro atoms. The first-order valence-corrected chi connectivity index (χ1v) is 54.4. The summed E-state index contributed by atoms with van der Waals surface area (Å²) >= 11 is 24.2. The van der Waals surface area contributed by atoms with Crippen LogP contribution in [0.2, 0.25) is 20.2 Å². The Bertz CT molecular complexity index is 6910. The van der Waals surface area contributed by atoms with Gasteiger partial charge in [0.05, 0.1) is 65.6 Å². The van der Waals surface area contributed by atoms with Crippen molar-refractivity contribution >= 4 is 161 Å². The van der Waals surface area contributed by atoms with Crippen molar-refractivity contribution in [3.05, 3.63) is 430 Å². The van der Waals surface area contributed by atoms with Gasteiger partial charge in [0, 0.05) is 123 Å². The summed E-state index contributed by atoms with van der Waals surface area (Å²) in [5.74, 6) is 7.94. The topological polar surface area (TPSA) is 199 Å². The molecular weight excluding hydrogens is 1950 g/mol. The highest BCUT2D eigenvalue weighted by molar-refractivity contribution is 7.80. The molecule has 0 unspecified atom stereocenters. The molecule has 148 heavy (non-hydrogen) atoms. The van der Waals surface area contributed by atoms with Crippen LogP contribution in [-0.4, -0.2) is 97.7 Å². The Morgan fingerprint density at radius 2 is 0.662 bits per heavy atom. The first-order valence-electron chi connectivity index (χ1n) is 50.2. The van der Waals surface area contributed by atoms with Crippen molar-refractivity contribution in [2.75, 3.05) is 75.5 Å². The molecule has 21 rings (SSSR count). The van der Waals surface area contributed by atoms with Crippen LogP contribution in [0.15, 0.2) is 376 Å². The fourth-order valence-electron chi connectivity index (χ4n) is 18.1. The fourth-order valence-corrected chi connectivity index (χ4v) is 23.9. The lowest BCUT2D eigenvalue weighted by Gasteiger charge is -2.38. The number of hydrogen-bond acceptors (Lipinski definition) is 17. The average Bonchev–Trinajstić information content (AvgIpc) is 0.720. The van der Waals surface area contributed by atoms with E-state index in [2.05, 4.69) is 307 Å². The number of hydrogen-bond donors (Lipinski definition) is 7. The number of fused-ring (bicyclic) bond motifs is 6. The largest absolute Gasteiger partial charge is 0.497 e. The van der Waals surface area contributed by atoms with Crippen LogP contribution in [0.3, 0.4) is 0 Å². The summed E-state index contributed by atoms with van der Waals surface area (Å²) in [5, 5.41) is 35.2. The van der Waals surface area contributed by atoms with Gasteiger partial charge in [-0.05, 0) is 231 Å². The normalized spacial score (nSPS) is 13.1. The SMILES string of the molecule is CC(C)(C)NC1CCNCC1.CC1(C)c2cccc(P(c3ccccc3)c3ccccc3)c2Oc2c(P(c3ccccc3)c3ccccc3)cccc21.COc1ccc(CN)cc1.COc1ccc(CNc2cc(Cl)c3ccccc3n2)cc1.COc1ccc(CNc2cc(Cl)c3ccccc3n2)cc1.COc1ccc(CNc2cc(N3CCC(NC(C)(C)C)CC3)c3ccccc3n2)cc1.Clc1cc(Cl)c2ccccc2n1. The second-order valence-electron chi connectivity index (χ2n) is 38.8. The zero-order chi connectivity index (χ0) is 104. The van der Waals surface area contributed by atoms with E-state index in [1.165, 1.54) is 85.5 Å². The number of benzene rings is 14. The van der Waals surface area contributed by atoms with Crippen LogP contribution >= 0.6 is 62.2 Å². The number of halogens is 4. The van der Waals surface area contributed by atoms with Crippen molar-refractivity contribution in [1.29, 1.82) is 0 Å². The number of nitrogens with two attached hydrogens (primary N) is 1. The number of aromatic nitrogens is 4. The van der Waals surface area contributed by atoms with Crippen LogP contribution in [0.25, 0.3) is 43.6 Å². The Labute approximate surface area is 895 Å². The summed E-state index contributed by atoms with van der Waals surface area (Å²) in [4.78, 5) is 20.6. The molecule has 2 fully saturated rings. The summed E-state index contributed by atoms with van der Waals surface area (Å²) in [6, 6.07) is 130. The third-order valence-electron chi connectivity index (χ3n) is 25.5. The lowest BCUT2D eigenvalue weighted by atomic mass is 9.76. The number of anilines is 4. The van der Waals surface area contributed by atoms with Gasteiger partial charge in [0.25, 0.3) is 0 Å². The molecule has 2 saturated heterocycles. The van der Waals surface area contributed by atoms with E-state index in [1.807, 2.05) is 170 Å². The molecule has 0 amide bonds. The van der Waals surface area contributed by atoms with Gasteiger partial charge in [0.15, 0.2) is 0 Å². The number of methoxy groups -OCH3 is 4. The van der Waals surface area contributed by atoms with Gasteiger partial charge in [0.2, 0.25) is 0 Å². The molecule has 760 valence electrons. The molecule has 0 radical (unpaired) electrons. The summed E-state index contributed by atoms with van der Waals surface area (Å²) in [5.41, 5.74) is 17.7. The standard InChI is InChI=1S/C39H32OP2.C26H34N4O.2C17H15ClN2O.C9H5Cl2N.C9H20N2.C8H11NO/c1-39(2)33-25-15-27-35(41(29-17-7-3-8-18-29)30-19-9-4-10-20-30)37(33)40-38-34(39)26-16-28-36(38)42(31-21-11-5-12-22-31)32-23-13-6-14-24-32;1-26(2,3)29-20-13-15-30(16-14-20)24-17-25(28-23-8-6-5-7-22(23)24)27-18-19-9-11-21(31-4)12-10-19;2*1-21-13-8-6-12(7-9-13)11-19-17-10-15(18)14-4-2-3-5-16(14)20-17;10-7-5-9(11)12-8-4-2-1-3-6(7)8;1-9(2,3)11-8-4-6-10-7-5-8;1-10-8-4-2-7(6-9)3-5-8/h3-28H,1-2H3;5-12,17,20,29H,13-16,18H2,1-4H3,(H,27,28);2*2-10H,11H2,1H3,(H,19,20);1-5H;8,10-11H,4-7H2,1-3H3;2-5H,6,9H2,1H3. The van der Waals surface area contributed by atoms with Crippen LogP contribution in [0.4, 0.5) is 23.1 Å². The molecule has 0 bridgehead atoms. The van der Waals surface area contributed by atoms with E-state index in [9.17, 15) is 0 Å². The van der Waals surface area contributed by atoms with E-state index in [1.54, 1.807) is 34.5 Å². The number of nitrogens with one attached hydrogen (secondary N) is 6. The van der Waals surface area contributed by atoms with Crippen molar-refractivity contribution in [3.63, 3.8) is 0 Å². The van der Waals surface area contributed by atoms with E-state index in [0.717, 1.165) is 145 Å². The van der Waals surface area contributed by atoms with Crippen LogP contribution in [0, 0.1) is 0 Å². The number of nitrogens with zero attached hydrogens (tertiary/aromatic N) is 5. The average molecular weight is 2090 g/mol. The summed E-state index contributed by atoms with van der Waals surface area (Å²) in [7, 11) is 5.02. The third kappa shape index (κ3) is 30.3. The van der Waals surface area contributed by atoms with Crippen molar-refractivity contribution < 1.29 is 23.7 Å². The monoisotopic (exact) mass is 2080 g/mol. The molecule has 0 atom stereocenters. The van der Waals surface area contributed by atoms with Gasteiger partial charge in [0.1, 0.15) is 57.1 Å². The molecule has 7 heterocycles. The highest BCUT2D eigenvalue weighted by Crippen LogP contribution is 2.53. The number of pyridine rings is 4. The molecule has 17 nitrogen and oxygen atoms in total. The zero-order valence-electron chi connectivity index (χ0n) is 86.2. The molecule has 4 aromatic heterocycles. The highest BCUT2D eigenvalue weighted by Gasteiger charge is 2.40. The maximum atomic E-state index is 7.26. The van der Waals surface area contributed by atoms with E-state index >= 15 is 0 Å². The van der Waals surface area contributed by atoms with Gasteiger partial charge in [-0.3, -0.25) is 0 Å². The Balaban J connectivity index is 0.000000137. The van der Waals surface area contributed by atoms with Gasteiger partial charge < -0.3 is 66.2 Å². The molecule has 3 aliphatic rings. The first-order chi connectivity index (χ1) is 71.8. The Morgan fingerprint density at radius 3 is 1.01 bits per heavy atom. The van der Waals surface area contributed by atoms with Crippen molar-refractivity contribution in [1.82, 2.24) is 35.9 Å². The van der Waals surface area contributed by atoms with Crippen LogP contribution in [0.5, 0.6) is 34.5 Å². The second kappa shape index (κ2) is 53.1. The van der Waals surface area contributed by atoms with E-state index in [0.29, 0.717) is 45.9 Å². The predicted octanol–water partition coefficient (Wildman–Crippen LogP) is 27.7. The highest BCUT2D eigenvalue weighted by atomic mass is 35.5. The van der Waals surface area contributed by atoms with Crippen molar-refractivity contribution in [2.45, 2.75) is 136 Å². The maximum Gasteiger partial charge on any atom is 0.139 e. The van der Waals surface area contributed by atoms with Gasteiger partial charge in [-0.15, -0.1) is 0 Å². The maximum absolute atomic E-state index is 7.26. The molecule has 0 saturated carbocycles. The van der Waals surface area contributed by atoms with Crippen LogP contribution in [0.1, 0.15) is 114 Å². The summed E-state index contributed by atoms with van der Waals surface area (Å²) in [6.07, 6.45) is 4.86. The van der Waals surface area contributed by atoms with Crippen LogP contribution in [-0.2, 0) is 31.6 Å². The molecule has 14 aromatic carbocycles. The summed E-state index contributed by atoms with van der Waals surface area (Å²) < 4.78 is 27.8. The Morgan fingerprint density at radius 1 is 0.358 bits per heavy atom. The molecule has 8 N–H and O–H groups in total. The van der Waals surface area contributed by atoms with E-state index in [4.69, 9.17) is 80.8 Å². The number of ether oxygens (including phenoxy) is 5. The molecule has 23 heteroatoms. The van der Waals surface area contributed by atoms with E-state index in [-0.39, 0.29) is 16.5 Å². The second-order valence-corrected chi connectivity index (χ2v) is 44.8. The molecule has 18 aromatic rings. The predicted molar refractivity (Wildman–Crippen MR) is 628 cm³/mol. The fraction of sp³-hybridized carbons (Fsp3) is 0.232. The van der Waals surface area contributed by atoms with E-state index < -0.39 is 15.8 Å². The van der Waals surface area contributed by atoms with Crippen molar-refractivity contribution in [2.24, 2.45) is 5.73 Å². The molecular formula is C125H132Cl4N12O5P2. The lowest BCUT2D eigenvalue weighted by Crippen LogP contribution is -2.49. The smallest absolute Gasteiger partial charge is 0.139 e. The van der Waals surface area contributed by atoms with Gasteiger partial charge in [-0.2, -0.15) is 0 Å². The minimum atomic E-state index is -0.824. The Kier molecular flexibility index (Phi) is 39.1. The van der Waals surface area contributed by atoms with Gasteiger partial charge >= 0.3 is 0 Å². The lowest BCUT2D eigenvalue weighted by molar-refractivity contribution is 0.304. The van der Waals surface area contributed by atoms with Gasteiger partial charge in [-0.1, -0.05) is 339 Å². The minimum absolute atomic E-state index is 0.161. The quantitative estimate of drug-likeness (QED) is 0.0235. The molecule has 3 aliphatic heterocycles. The Hall–Kier alpha value is -13.2. The van der Waals surface area contributed by atoms with Crippen molar-refractivity contribution in [3.8, 4) is 34.5 Å². The first kappa shape index (κ1) is 109. The minimum Gasteiger partial charge on any atom is -0.497 e. The van der Waals surface area contributed by atoms with Crippen LogP contribution < -0.4 is 98.0 Å². The zero-order valence-corrected chi connectivity index (χ0v) is 91.0. The third-order valence-corrected chi connectivity index (χ3v) is 31.5. The number of piperidine rings is 2. The number of para-hydroxylation sites is 6. The molecule has 0 aliphatic carbocycles. The van der Waals surface area contributed by atoms with Gasteiger partial charge in [-0.25, -0.2) is 19.9 Å².